The van der Waals surface area contributed by atoms with E-state index in [1.807, 2.05) is 18.2 Å². The maximum atomic E-state index is 6.31. The quantitative estimate of drug-likeness (QED) is 0.699. The van der Waals surface area contributed by atoms with E-state index in [0.29, 0.717) is 20.8 Å². The second-order valence-corrected chi connectivity index (χ2v) is 5.63. The van der Waals surface area contributed by atoms with Crippen LogP contribution in [0.4, 0.5) is 11.4 Å². The molecule has 0 radical (unpaired) electrons. The zero-order valence-corrected chi connectivity index (χ0v) is 13.4. The summed E-state index contributed by atoms with van der Waals surface area (Å²) in [4.78, 5) is 5.36. The molecule has 2 aromatic carbocycles. The third kappa shape index (κ3) is 3.27. The SMILES string of the molecule is Clc1ccc(N(Nn2cncn2)c2ccc(Cl)cc2Cl)cc1. The number of halogens is 3. The molecule has 0 spiro atoms. The van der Waals surface area contributed by atoms with Crippen LogP contribution in [0, 0.1) is 0 Å². The van der Waals surface area contributed by atoms with E-state index >= 15 is 0 Å². The fraction of sp³-hybridized carbons (Fsp3) is 0. The number of benzene rings is 2. The maximum Gasteiger partial charge on any atom is 0.139 e. The van der Waals surface area contributed by atoms with Crippen molar-refractivity contribution < 1.29 is 0 Å². The summed E-state index contributed by atoms with van der Waals surface area (Å²) in [7, 11) is 0. The van der Waals surface area contributed by atoms with Crippen LogP contribution in [-0.2, 0) is 0 Å². The molecule has 0 unspecified atom stereocenters. The van der Waals surface area contributed by atoms with Crippen molar-refractivity contribution in [3.8, 4) is 0 Å². The van der Waals surface area contributed by atoms with Gasteiger partial charge in [-0.2, -0.15) is 0 Å². The Morgan fingerprint density at radius 1 is 0.955 bits per heavy atom. The van der Waals surface area contributed by atoms with Crippen LogP contribution >= 0.6 is 34.8 Å². The minimum atomic E-state index is 0.495. The molecule has 3 rings (SSSR count). The Kier molecular flexibility index (Phi) is 4.38. The van der Waals surface area contributed by atoms with Gasteiger partial charge in [-0.3, -0.25) is 0 Å². The molecule has 0 amide bonds. The lowest BCUT2D eigenvalue weighted by molar-refractivity contribution is 0.736. The highest BCUT2D eigenvalue weighted by Crippen LogP contribution is 2.33. The Morgan fingerprint density at radius 3 is 2.32 bits per heavy atom. The van der Waals surface area contributed by atoms with Crippen molar-refractivity contribution in [1.82, 2.24) is 14.9 Å². The molecule has 8 heteroatoms. The van der Waals surface area contributed by atoms with Crippen molar-refractivity contribution in [2.75, 3.05) is 10.5 Å². The number of anilines is 2. The number of hydrogen-bond donors (Lipinski definition) is 1. The molecule has 0 aliphatic heterocycles. The third-order valence-corrected chi connectivity index (χ3v) is 3.65. The predicted octanol–water partition coefficient (Wildman–Crippen LogP) is 4.54. The molecule has 5 nitrogen and oxygen atoms in total. The summed E-state index contributed by atoms with van der Waals surface area (Å²) in [5.41, 5.74) is 4.61. The fourth-order valence-electron chi connectivity index (χ4n) is 1.87. The average Bonchev–Trinajstić information content (AvgIpc) is 2.99. The topological polar surface area (TPSA) is 46.0 Å². The Morgan fingerprint density at radius 2 is 1.68 bits per heavy atom. The number of hydrogen-bond acceptors (Lipinski definition) is 4. The molecular weight excluding hydrogens is 345 g/mol. The van der Waals surface area contributed by atoms with Gasteiger partial charge in [-0.05, 0) is 42.5 Å². The van der Waals surface area contributed by atoms with E-state index < -0.39 is 0 Å². The molecule has 0 saturated carbocycles. The van der Waals surface area contributed by atoms with Crippen LogP contribution in [0.15, 0.2) is 55.1 Å². The van der Waals surface area contributed by atoms with E-state index in [1.165, 1.54) is 17.4 Å². The van der Waals surface area contributed by atoms with E-state index in [1.54, 1.807) is 29.3 Å². The Labute approximate surface area is 142 Å². The average molecular weight is 355 g/mol. The molecule has 1 N–H and O–H groups in total. The van der Waals surface area contributed by atoms with E-state index in [0.717, 1.165) is 5.69 Å². The summed E-state index contributed by atoms with van der Waals surface area (Å²) < 4.78 is 0. The fourth-order valence-corrected chi connectivity index (χ4v) is 2.48. The Hall–Kier alpha value is -1.95. The minimum absolute atomic E-state index is 0.495. The van der Waals surface area contributed by atoms with Crippen molar-refractivity contribution in [3.63, 3.8) is 0 Å². The lowest BCUT2D eigenvalue weighted by Crippen LogP contribution is -2.32. The molecule has 112 valence electrons. The van der Waals surface area contributed by atoms with Gasteiger partial charge >= 0.3 is 0 Å². The number of hydrazine groups is 1. The first-order valence-corrected chi connectivity index (χ1v) is 7.39. The van der Waals surface area contributed by atoms with Crippen LogP contribution in [0.25, 0.3) is 0 Å². The summed E-state index contributed by atoms with van der Waals surface area (Å²) in [6.45, 7) is 0. The van der Waals surface area contributed by atoms with Crippen molar-refractivity contribution in [3.05, 3.63) is 70.2 Å². The van der Waals surface area contributed by atoms with Crippen LogP contribution < -0.4 is 10.5 Å². The van der Waals surface area contributed by atoms with Crippen molar-refractivity contribution in [1.29, 1.82) is 0 Å². The van der Waals surface area contributed by atoms with Crippen LogP contribution in [0.1, 0.15) is 0 Å². The van der Waals surface area contributed by atoms with Crippen molar-refractivity contribution in [2.24, 2.45) is 0 Å². The number of aromatic nitrogens is 3. The standard InChI is InChI=1S/C14H10Cl3N5/c15-10-1-4-12(5-2-10)22(20-21-9-18-8-19-21)14-6-3-11(16)7-13(14)17/h1-9,20H. The van der Waals surface area contributed by atoms with Gasteiger partial charge < -0.3 is 0 Å². The zero-order chi connectivity index (χ0) is 15.5. The molecule has 1 heterocycles. The van der Waals surface area contributed by atoms with Gasteiger partial charge in [0, 0.05) is 10.0 Å². The monoisotopic (exact) mass is 353 g/mol. The molecular formula is C14H10Cl3N5. The summed E-state index contributed by atoms with van der Waals surface area (Å²) >= 11 is 18.2. The molecule has 22 heavy (non-hydrogen) atoms. The zero-order valence-electron chi connectivity index (χ0n) is 11.1. The maximum absolute atomic E-state index is 6.31. The first-order chi connectivity index (χ1) is 10.6. The van der Waals surface area contributed by atoms with Crippen molar-refractivity contribution in [2.45, 2.75) is 0 Å². The molecule has 1 aromatic heterocycles. The number of nitrogens with zero attached hydrogens (tertiary/aromatic N) is 4. The first-order valence-electron chi connectivity index (χ1n) is 6.25. The minimum Gasteiger partial charge on any atom is -0.239 e. The van der Waals surface area contributed by atoms with Gasteiger partial charge in [0.2, 0.25) is 0 Å². The first kappa shape index (κ1) is 15.0. The molecule has 3 aromatic rings. The Bertz CT molecular complexity index is 759. The lowest BCUT2D eigenvalue weighted by atomic mass is 10.2. The molecule has 0 saturated heterocycles. The van der Waals surface area contributed by atoms with E-state index in [2.05, 4.69) is 15.6 Å². The predicted molar refractivity (Wildman–Crippen MR) is 89.4 cm³/mol. The van der Waals surface area contributed by atoms with Gasteiger partial charge in [-0.25, -0.2) is 15.5 Å². The number of nitrogens with one attached hydrogen (secondary N) is 1. The van der Waals surface area contributed by atoms with Crippen LogP contribution in [0.5, 0.6) is 0 Å². The van der Waals surface area contributed by atoms with E-state index in [-0.39, 0.29) is 0 Å². The highest BCUT2D eigenvalue weighted by Gasteiger charge is 2.14. The summed E-state index contributed by atoms with van der Waals surface area (Å²) in [5, 5.41) is 7.48. The summed E-state index contributed by atoms with van der Waals surface area (Å²) in [6.07, 6.45) is 2.96. The van der Waals surface area contributed by atoms with Gasteiger partial charge in [0.05, 0.1) is 16.4 Å². The van der Waals surface area contributed by atoms with Gasteiger partial charge in [0.1, 0.15) is 12.7 Å². The second kappa shape index (κ2) is 6.44. The molecule has 0 aliphatic carbocycles. The summed E-state index contributed by atoms with van der Waals surface area (Å²) in [5.74, 6) is 0. The molecule has 0 fully saturated rings. The second-order valence-electron chi connectivity index (χ2n) is 4.35. The van der Waals surface area contributed by atoms with Gasteiger partial charge in [0.25, 0.3) is 0 Å². The lowest BCUT2D eigenvalue weighted by Gasteiger charge is -2.26. The van der Waals surface area contributed by atoms with Crippen LogP contribution in [-0.4, -0.2) is 14.9 Å². The molecule has 0 aliphatic rings. The number of rotatable bonds is 4. The van der Waals surface area contributed by atoms with E-state index in [9.17, 15) is 0 Å². The normalized spacial score (nSPS) is 10.5. The highest BCUT2D eigenvalue weighted by atomic mass is 35.5. The highest BCUT2D eigenvalue weighted by molar-refractivity contribution is 6.36. The van der Waals surface area contributed by atoms with Crippen LogP contribution in [0.3, 0.4) is 0 Å². The molecule has 0 bridgehead atoms. The van der Waals surface area contributed by atoms with Gasteiger partial charge in [-0.1, -0.05) is 34.8 Å². The van der Waals surface area contributed by atoms with Gasteiger partial charge in [-0.15, -0.1) is 9.89 Å². The Balaban J connectivity index is 2.03. The van der Waals surface area contributed by atoms with Gasteiger partial charge in [0.15, 0.2) is 0 Å². The van der Waals surface area contributed by atoms with Crippen molar-refractivity contribution >= 4 is 46.2 Å². The summed E-state index contributed by atoms with van der Waals surface area (Å²) in [6, 6.07) is 12.5. The molecule has 0 atom stereocenters. The smallest absolute Gasteiger partial charge is 0.139 e. The van der Waals surface area contributed by atoms with Crippen LogP contribution in [0.2, 0.25) is 15.1 Å². The largest absolute Gasteiger partial charge is 0.239 e. The van der Waals surface area contributed by atoms with E-state index in [4.69, 9.17) is 34.8 Å². The third-order valence-electron chi connectivity index (χ3n) is 2.86.